The van der Waals surface area contributed by atoms with Gasteiger partial charge in [-0.1, -0.05) is 18.2 Å². The number of aryl methyl sites for hydroxylation is 1. The zero-order chi connectivity index (χ0) is 21.3. The molecule has 0 N–H and O–H groups in total. The van der Waals surface area contributed by atoms with Gasteiger partial charge in [0.1, 0.15) is 5.97 Å². The molecule has 9 heteroatoms. The zero-order valence-electron chi connectivity index (χ0n) is 15.1. The third-order valence-corrected chi connectivity index (χ3v) is 3.28. The molecule has 2 aromatic rings. The van der Waals surface area contributed by atoms with E-state index in [0.717, 1.165) is 17.5 Å². The van der Waals surface area contributed by atoms with Crippen molar-refractivity contribution in [2.75, 3.05) is 7.11 Å². The minimum absolute atomic E-state index is 0.373. The molecular weight excluding hydrogens is 377 g/mol. The number of carbonyl (C=O) groups excluding carboxylic acids is 1. The summed E-state index contributed by atoms with van der Waals surface area (Å²) in [5.74, 6) is -1.33. The molecule has 0 aromatic heterocycles. The molecule has 0 amide bonds. The molecule has 0 spiro atoms. The summed E-state index contributed by atoms with van der Waals surface area (Å²) in [5, 5.41) is 17.8. The molecule has 0 aliphatic carbocycles. The first-order chi connectivity index (χ1) is 13.1. The second kappa shape index (κ2) is 9.97. The van der Waals surface area contributed by atoms with Gasteiger partial charge in [-0.25, -0.2) is 0 Å². The fourth-order valence-electron chi connectivity index (χ4n) is 1.99. The van der Waals surface area contributed by atoms with Crippen LogP contribution in [0.3, 0.4) is 0 Å². The van der Waals surface area contributed by atoms with E-state index in [1.165, 1.54) is 0 Å². The molecule has 0 aliphatic heterocycles. The minimum atomic E-state index is -5.19. The molecular formula is C19H17F3N2O4. The first-order valence-electron chi connectivity index (χ1n) is 7.82. The van der Waals surface area contributed by atoms with Crippen LogP contribution in [0.25, 0.3) is 4.98 Å². The summed E-state index contributed by atoms with van der Waals surface area (Å²) in [5.41, 5.74) is 2.47. The van der Waals surface area contributed by atoms with Gasteiger partial charge in [0.2, 0.25) is 11.1 Å². The lowest BCUT2D eigenvalue weighted by Crippen LogP contribution is -2.37. The molecule has 148 valence electrons. The number of hydrogen-bond donors (Lipinski definition) is 0. The lowest BCUT2D eigenvalue weighted by molar-refractivity contribution is -0.344. The number of diazo groups is 1. The molecule has 0 aliphatic rings. The van der Waals surface area contributed by atoms with E-state index >= 15 is 0 Å². The highest BCUT2D eigenvalue weighted by atomic mass is 19.4. The van der Waals surface area contributed by atoms with Crippen molar-refractivity contribution in [2.45, 2.75) is 19.5 Å². The highest BCUT2D eigenvalue weighted by molar-refractivity contribution is 5.70. The number of halogens is 3. The van der Waals surface area contributed by atoms with Gasteiger partial charge >= 0.3 is 11.9 Å². The highest BCUT2D eigenvalue weighted by Gasteiger charge is 2.28. The predicted molar refractivity (Wildman–Crippen MR) is 94.0 cm³/mol. The first kappa shape index (κ1) is 22.5. The van der Waals surface area contributed by atoms with Crippen molar-refractivity contribution in [1.82, 2.24) is 0 Å². The zero-order valence-corrected chi connectivity index (χ0v) is 15.1. The number of carboxylic acids is 1. The van der Waals surface area contributed by atoms with E-state index in [1.54, 1.807) is 13.2 Å². The Kier molecular flexibility index (Phi) is 8.01. The average Bonchev–Trinajstić information content (AvgIpc) is 2.63. The summed E-state index contributed by atoms with van der Waals surface area (Å²) < 4.78 is 42.7. The maximum atomic E-state index is 10.5. The number of alkyl halides is 3. The lowest BCUT2D eigenvalue weighted by atomic mass is 10.1. The molecule has 0 atom stereocenters. The van der Waals surface area contributed by atoms with Crippen LogP contribution in [-0.4, -0.2) is 19.3 Å². The number of aliphatic carboxylic acids is 1. The Morgan fingerprint density at radius 1 is 1.21 bits per heavy atom. The Hall–Kier alpha value is -3.54. The summed E-state index contributed by atoms with van der Waals surface area (Å²) in [7, 11) is 1.59. The van der Waals surface area contributed by atoms with E-state index in [1.807, 2.05) is 43.3 Å². The highest BCUT2D eigenvalue weighted by Crippen LogP contribution is 2.37. The van der Waals surface area contributed by atoms with Crippen LogP contribution in [0.4, 0.5) is 18.9 Å². The molecule has 0 radical (unpaired) electrons. The van der Waals surface area contributed by atoms with Gasteiger partial charge in [-0.3, -0.25) is 0 Å². The Labute approximate surface area is 159 Å². The minimum Gasteiger partial charge on any atom is -0.542 e. The van der Waals surface area contributed by atoms with Crippen molar-refractivity contribution in [1.29, 1.82) is 5.39 Å². The Morgan fingerprint density at radius 3 is 2.36 bits per heavy atom. The van der Waals surface area contributed by atoms with Crippen LogP contribution in [0, 0.1) is 12.3 Å². The number of nitrogens with zero attached hydrogens (tertiary/aromatic N) is 2. The van der Waals surface area contributed by atoms with Crippen molar-refractivity contribution in [3.8, 4) is 17.2 Å². The molecule has 2 aromatic carbocycles. The van der Waals surface area contributed by atoms with E-state index in [2.05, 4.69) is 11.6 Å². The summed E-state index contributed by atoms with van der Waals surface area (Å²) >= 11 is 0. The SMILES string of the molecule is C=CCc1ccc(Oc2cc(C)ccc2[N+]#N)c(OC)c1.O=C([O-])C(F)(F)F. The molecule has 0 bridgehead atoms. The van der Waals surface area contributed by atoms with Crippen LogP contribution < -0.4 is 14.6 Å². The normalized spacial score (nSPS) is 10.1. The number of rotatable bonds is 5. The van der Waals surface area contributed by atoms with Crippen LogP contribution in [0.1, 0.15) is 11.1 Å². The van der Waals surface area contributed by atoms with E-state index in [-0.39, 0.29) is 0 Å². The number of carboxylic acid groups (broad SMARTS) is 1. The van der Waals surface area contributed by atoms with Gasteiger partial charge in [-0.2, -0.15) is 13.2 Å². The number of allylic oxidation sites excluding steroid dienone is 1. The average molecular weight is 394 g/mol. The molecule has 0 saturated heterocycles. The van der Waals surface area contributed by atoms with Crippen molar-refractivity contribution in [3.05, 3.63) is 65.2 Å². The third-order valence-electron chi connectivity index (χ3n) is 3.28. The molecule has 0 heterocycles. The maximum absolute atomic E-state index is 10.5. The largest absolute Gasteiger partial charge is 0.542 e. The van der Waals surface area contributed by atoms with Crippen LogP contribution in [-0.2, 0) is 11.2 Å². The molecule has 2 rings (SSSR count). The van der Waals surface area contributed by atoms with E-state index in [4.69, 9.17) is 24.8 Å². The number of hydrogen-bond acceptors (Lipinski definition) is 5. The topological polar surface area (TPSA) is 86.7 Å². The van der Waals surface area contributed by atoms with Gasteiger partial charge in [0, 0.05) is 6.07 Å². The van der Waals surface area contributed by atoms with E-state index in [9.17, 15) is 13.2 Å². The van der Waals surface area contributed by atoms with Crippen LogP contribution in [0.2, 0.25) is 0 Å². The smallest absolute Gasteiger partial charge is 0.430 e. The van der Waals surface area contributed by atoms with E-state index < -0.39 is 12.1 Å². The molecule has 28 heavy (non-hydrogen) atoms. The quantitative estimate of drug-likeness (QED) is 0.557. The molecule has 0 unspecified atom stereocenters. The van der Waals surface area contributed by atoms with Crippen LogP contribution >= 0.6 is 0 Å². The molecule has 0 fully saturated rings. The summed E-state index contributed by atoms with van der Waals surface area (Å²) in [6, 6.07) is 11.1. The second-order valence-corrected chi connectivity index (χ2v) is 5.44. The van der Waals surface area contributed by atoms with E-state index in [0.29, 0.717) is 22.9 Å². The molecule has 6 nitrogen and oxygen atoms in total. The third kappa shape index (κ3) is 6.64. The summed E-state index contributed by atoms with van der Waals surface area (Å²) in [6.07, 6.45) is -2.60. The van der Waals surface area contributed by atoms with Crippen molar-refractivity contribution in [2.24, 2.45) is 0 Å². The Balaban J connectivity index is 0.000000480. The Morgan fingerprint density at radius 2 is 1.86 bits per heavy atom. The lowest BCUT2D eigenvalue weighted by Gasteiger charge is -2.10. The van der Waals surface area contributed by atoms with Crippen molar-refractivity contribution >= 4 is 11.7 Å². The van der Waals surface area contributed by atoms with Crippen molar-refractivity contribution in [3.63, 3.8) is 0 Å². The van der Waals surface area contributed by atoms with Crippen LogP contribution in [0.5, 0.6) is 17.2 Å². The van der Waals surface area contributed by atoms with Gasteiger partial charge in [-0.15, -0.1) is 6.58 Å². The van der Waals surface area contributed by atoms with Gasteiger partial charge in [0.25, 0.3) is 0 Å². The Bertz CT molecular complexity index is 890. The predicted octanol–water partition coefficient (Wildman–Crippen LogP) is 4.31. The maximum Gasteiger partial charge on any atom is 0.430 e. The standard InChI is InChI=1S/C17H17N2O2.C2HF3O2/c1-4-5-13-7-9-15(17(11-13)20-3)21-16-10-12(2)6-8-14(16)19-18;3-2(4,5)1(6)7/h4,6-11H,1,5H2,2-3H3;(H,6,7)/q+1;/p-1. The van der Waals surface area contributed by atoms with Gasteiger partial charge < -0.3 is 19.4 Å². The van der Waals surface area contributed by atoms with Gasteiger partial charge in [0.15, 0.2) is 16.5 Å². The second-order valence-electron chi connectivity index (χ2n) is 5.44. The fraction of sp³-hybridized carbons (Fsp3) is 0.211. The number of methoxy groups -OCH3 is 1. The van der Waals surface area contributed by atoms with Gasteiger partial charge in [-0.05, 0) is 42.7 Å². The van der Waals surface area contributed by atoms with Gasteiger partial charge in [0.05, 0.1) is 7.11 Å². The number of carbonyl (C=O) groups is 1. The monoisotopic (exact) mass is 394 g/mol. The van der Waals surface area contributed by atoms with Crippen molar-refractivity contribution < 1.29 is 32.5 Å². The summed E-state index contributed by atoms with van der Waals surface area (Å²) in [4.78, 5) is 12.0. The van der Waals surface area contributed by atoms with Crippen LogP contribution in [0.15, 0.2) is 49.1 Å². The number of ether oxygens (including phenoxy) is 2. The molecule has 0 saturated carbocycles. The number of benzene rings is 2. The fourth-order valence-corrected chi connectivity index (χ4v) is 1.99. The first-order valence-corrected chi connectivity index (χ1v) is 7.82. The summed E-state index contributed by atoms with van der Waals surface area (Å²) in [6.45, 7) is 5.66.